The maximum atomic E-state index is 10.5. The molecule has 2 rings (SSSR count). The molecule has 2 aromatic rings. The van der Waals surface area contributed by atoms with Crippen LogP contribution in [0.2, 0.25) is 0 Å². The predicted octanol–water partition coefficient (Wildman–Crippen LogP) is -0.437. The van der Waals surface area contributed by atoms with E-state index in [9.17, 15) is 9.59 Å². The van der Waals surface area contributed by atoms with Crippen molar-refractivity contribution in [2.75, 3.05) is 0 Å². The van der Waals surface area contributed by atoms with Gasteiger partial charge in [-0.15, -0.1) is 0 Å². The van der Waals surface area contributed by atoms with Crippen molar-refractivity contribution in [3.63, 3.8) is 0 Å². The van der Waals surface area contributed by atoms with Crippen molar-refractivity contribution in [2.24, 2.45) is 0 Å². The molecule has 5 heteroatoms. The zero-order valence-electron chi connectivity index (χ0n) is 7.48. The number of carbonyl (C=O) groups excluding carboxylic acids is 2. The molecule has 0 fully saturated rings. The molecule has 2 nitrogen and oxygen atoms in total. The average molecular weight is 349 g/mol. The Kier molecular flexibility index (Phi) is 3.66. The summed E-state index contributed by atoms with van der Waals surface area (Å²) >= 11 is 2.86. The van der Waals surface area contributed by atoms with E-state index in [4.69, 9.17) is 0 Å². The van der Waals surface area contributed by atoms with Crippen LogP contribution in [0.5, 0.6) is 0 Å². The molecule has 0 unspecified atom stereocenters. The fraction of sp³-hybridized carbons (Fsp3) is 0. The Morgan fingerprint density at radius 3 is 1.67 bits per heavy atom. The molecule has 0 aliphatic rings. The lowest BCUT2D eigenvalue weighted by Gasteiger charge is -1.72. The number of hydrogen-bond acceptors (Lipinski definition) is 4. The second kappa shape index (κ2) is 5.00. The molecule has 15 heavy (non-hydrogen) atoms. The highest BCUT2D eigenvalue weighted by molar-refractivity contribution is 7.12. The number of hydrogen-bond donors (Lipinski definition) is 0. The number of aldehydes is 2. The second-order valence-corrected chi connectivity index (χ2v) is 9.17. The highest BCUT2D eigenvalue weighted by Crippen LogP contribution is 2.07. The standard InChI is InChI=1S/C10H6IO2S2/c12-5-7-1-3-9(14-7)11-10-4-2-8(6-13)15-10/h1-6H/q+1. The Balaban J connectivity index is 2.13. The molecule has 0 aliphatic carbocycles. The summed E-state index contributed by atoms with van der Waals surface area (Å²) in [6.07, 6.45) is 1.76. The molecule has 0 bridgehead atoms. The summed E-state index contributed by atoms with van der Waals surface area (Å²) in [6.45, 7) is 0. The minimum Gasteiger partial charge on any atom is -0.297 e. The molecule has 0 amide bonds. The van der Waals surface area contributed by atoms with Crippen LogP contribution in [0.25, 0.3) is 0 Å². The van der Waals surface area contributed by atoms with Gasteiger partial charge in [0.15, 0.2) is 12.6 Å². The molecule has 0 spiro atoms. The Hall–Kier alpha value is -0.530. The summed E-state index contributed by atoms with van der Waals surface area (Å²) in [5, 5.41) is 0. The van der Waals surface area contributed by atoms with Crippen molar-refractivity contribution < 1.29 is 30.8 Å². The van der Waals surface area contributed by atoms with Crippen molar-refractivity contribution >= 4 is 35.2 Å². The largest absolute Gasteiger partial charge is 0.381 e. The van der Waals surface area contributed by atoms with Crippen LogP contribution < -0.4 is 21.2 Å². The number of thiophene rings is 2. The van der Waals surface area contributed by atoms with E-state index < -0.39 is 0 Å². The van der Waals surface area contributed by atoms with Gasteiger partial charge < -0.3 is 0 Å². The predicted molar refractivity (Wildman–Crippen MR) is 56.8 cm³/mol. The third-order valence-electron chi connectivity index (χ3n) is 1.61. The number of rotatable bonds is 4. The van der Waals surface area contributed by atoms with E-state index in [0.29, 0.717) is 0 Å². The molecule has 2 heterocycles. The van der Waals surface area contributed by atoms with E-state index in [2.05, 4.69) is 0 Å². The summed E-state index contributed by atoms with van der Waals surface area (Å²) in [4.78, 5) is 22.6. The molecule has 0 radical (unpaired) electrons. The van der Waals surface area contributed by atoms with Gasteiger partial charge in [0.2, 0.25) is 5.77 Å². The first kappa shape index (κ1) is 11.0. The summed E-state index contributed by atoms with van der Waals surface area (Å²) < 4.78 is 2.52. The van der Waals surface area contributed by atoms with E-state index in [1.165, 1.54) is 5.77 Å². The van der Waals surface area contributed by atoms with Crippen molar-refractivity contribution in [3.8, 4) is 0 Å². The van der Waals surface area contributed by atoms with Crippen LogP contribution in [-0.4, -0.2) is 12.6 Å². The molecule has 0 N–H and O–H groups in total. The first-order valence-electron chi connectivity index (χ1n) is 4.06. The number of carbonyl (C=O) groups is 2. The maximum absolute atomic E-state index is 10.5. The lowest BCUT2D eigenvalue weighted by molar-refractivity contribution is -0.585. The summed E-state index contributed by atoms with van der Waals surface area (Å²) in [6, 6.07) is 7.70. The van der Waals surface area contributed by atoms with Gasteiger partial charge in [0.1, 0.15) is 0 Å². The zero-order chi connectivity index (χ0) is 10.7. The van der Waals surface area contributed by atoms with Gasteiger partial charge >= 0.3 is 21.2 Å². The molecule has 0 saturated heterocycles. The molecular formula is C10H6IO2S2+. The Bertz CT molecular complexity index is 443. The van der Waals surface area contributed by atoms with E-state index in [1.54, 1.807) is 22.7 Å². The van der Waals surface area contributed by atoms with Gasteiger partial charge in [-0.25, -0.2) is 0 Å². The number of halogens is 1. The lowest BCUT2D eigenvalue weighted by atomic mass is 10.5. The van der Waals surface area contributed by atoms with Gasteiger partial charge in [0, 0.05) is 12.1 Å². The van der Waals surface area contributed by atoms with Crippen molar-refractivity contribution in [3.05, 3.63) is 39.8 Å². The summed E-state index contributed by atoms with van der Waals surface area (Å²) in [5.41, 5.74) is 0. The van der Waals surface area contributed by atoms with Crippen LogP contribution in [0.15, 0.2) is 24.3 Å². The van der Waals surface area contributed by atoms with Crippen LogP contribution in [-0.2, 0) is 0 Å². The maximum Gasteiger partial charge on any atom is 0.381 e. The highest BCUT2D eigenvalue weighted by Gasteiger charge is 2.20. The zero-order valence-corrected chi connectivity index (χ0v) is 11.3. The van der Waals surface area contributed by atoms with Crippen LogP contribution in [0, 0.1) is 5.77 Å². The van der Waals surface area contributed by atoms with Gasteiger partial charge in [-0.05, 0) is 12.1 Å². The van der Waals surface area contributed by atoms with Crippen LogP contribution >= 0.6 is 22.7 Å². The quantitative estimate of drug-likeness (QED) is 0.554. The molecule has 0 aromatic carbocycles. The fourth-order valence-corrected chi connectivity index (χ4v) is 7.02. The van der Waals surface area contributed by atoms with Gasteiger partial charge in [-0.1, -0.05) is 22.7 Å². The van der Waals surface area contributed by atoms with E-state index in [-0.39, 0.29) is 21.2 Å². The third kappa shape index (κ3) is 2.73. The minimum absolute atomic E-state index is 0.223. The molecule has 0 aliphatic heterocycles. The fourth-order valence-electron chi connectivity index (χ4n) is 0.977. The molecule has 0 atom stereocenters. The van der Waals surface area contributed by atoms with E-state index in [0.717, 1.165) is 22.3 Å². The first-order valence-corrected chi connectivity index (χ1v) is 7.86. The molecule has 2 aromatic heterocycles. The normalized spacial score (nSPS) is 10.1. The lowest BCUT2D eigenvalue weighted by Crippen LogP contribution is -3.61. The van der Waals surface area contributed by atoms with E-state index in [1.807, 2.05) is 24.3 Å². The van der Waals surface area contributed by atoms with E-state index >= 15 is 0 Å². The van der Waals surface area contributed by atoms with Gasteiger partial charge in [-0.2, -0.15) is 0 Å². The van der Waals surface area contributed by atoms with Crippen molar-refractivity contribution in [1.82, 2.24) is 0 Å². The van der Waals surface area contributed by atoms with Gasteiger partial charge in [0.05, 0.1) is 9.75 Å². The topological polar surface area (TPSA) is 34.1 Å². The highest BCUT2D eigenvalue weighted by atomic mass is 127. The first-order chi connectivity index (χ1) is 7.31. The smallest absolute Gasteiger partial charge is 0.297 e. The second-order valence-electron chi connectivity index (χ2n) is 2.61. The molecular weight excluding hydrogens is 343 g/mol. The van der Waals surface area contributed by atoms with Crippen LogP contribution in [0.4, 0.5) is 0 Å². The van der Waals surface area contributed by atoms with Crippen molar-refractivity contribution in [2.45, 2.75) is 0 Å². The minimum atomic E-state index is -0.223. The van der Waals surface area contributed by atoms with Crippen LogP contribution in [0.3, 0.4) is 0 Å². The monoisotopic (exact) mass is 349 g/mol. The van der Waals surface area contributed by atoms with Gasteiger partial charge in [0.25, 0.3) is 0 Å². The summed E-state index contributed by atoms with van der Waals surface area (Å²) in [5.74, 6) is 0. The SMILES string of the molecule is O=Cc1ccc([I+]c2ccc(C=O)s2)s1. The van der Waals surface area contributed by atoms with Crippen molar-refractivity contribution in [1.29, 1.82) is 0 Å². The van der Waals surface area contributed by atoms with Crippen LogP contribution in [0.1, 0.15) is 19.3 Å². The summed E-state index contributed by atoms with van der Waals surface area (Å²) in [7, 11) is 0. The Labute approximate surface area is 105 Å². The molecule has 0 saturated carbocycles. The third-order valence-corrected chi connectivity index (χ3v) is 7.34. The molecule has 76 valence electrons. The Morgan fingerprint density at radius 2 is 1.33 bits per heavy atom. The average Bonchev–Trinajstić information content (AvgIpc) is 2.87. The Morgan fingerprint density at radius 1 is 0.867 bits per heavy atom. The van der Waals surface area contributed by atoms with Gasteiger partial charge in [-0.3, -0.25) is 9.59 Å².